The molecule has 0 bridgehead atoms. The molecule has 0 spiro atoms. The minimum atomic E-state index is -5.94. The van der Waals surface area contributed by atoms with Crippen molar-refractivity contribution in [1.82, 2.24) is 0 Å². The minimum absolute atomic E-state index is 2.76. The molecule has 0 fully saturated rings. The summed E-state index contributed by atoms with van der Waals surface area (Å²) in [6.07, 6.45) is -15.5. The minimum Gasteiger partial charge on any atom is -0.475 e. The van der Waals surface area contributed by atoms with Crippen LogP contribution in [0.25, 0.3) is 0 Å². The van der Waals surface area contributed by atoms with E-state index in [9.17, 15) is 39.5 Å². The third-order valence-corrected chi connectivity index (χ3v) is 0.929. The van der Waals surface area contributed by atoms with Crippen LogP contribution in [0.4, 0.5) is 39.5 Å². The molecule has 0 aliphatic carbocycles. The van der Waals surface area contributed by atoms with E-state index in [1.807, 2.05) is 0 Å². The van der Waals surface area contributed by atoms with Gasteiger partial charge in [0.2, 0.25) is 0 Å². The molecular weight excluding hydrogens is 279 g/mol. The van der Waals surface area contributed by atoms with Gasteiger partial charge in [-0.1, -0.05) is 0 Å². The van der Waals surface area contributed by atoms with Crippen LogP contribution in [0.15, 0.2) is 0 Å². The van der Waals surface area contributed by atoms with Crippen LogP contribution in [-0.4, -0.2) is 40.8 Å². The Balaban J connectivity index is 0. The fourth-order valence-electron chi connectivity index (χ4n) is 0.124. The molecule has 0 aliphatic rings. The van der Waals surface area contributed by atoms with E-state index in [0.29, 0.717) is 0 Å². The number of halogens is 9. The zero-order chi connectivity index (χ0) is 14.7. The number of carboxylic acid groups (broad SMARTS) is 1. The molecule has 3 nitrogen and oxygen atoms in total. The summed E-state index contributed by atoms with van der Waals surface area (Å²) in [7, 11) is 0. The summed E-state index contributed by atoms with van der Waals surface area (Å²) in [6.45, 7) is 0. The van der Waals surface area contributed by atoms with Crippen molar-refractivity contribution in [3.05, 3.63) is 0 Å². The standard InChI is InChI=1S/C3H2F6O.C2HF3O2/c4-1(5)2(6,10)3(7,8)9;3-2(4,5)1(6)7/h1,10H;(H,6,7). The van der Waals surface area contributed by atoms with Gasteiger partial charge in [-0.05, 0) is 0 Å². The normalized spacial score (nSPS) is 15.9. The number of aliphatic hydroxyl groups is 1. The Morgan fingerprint density at radius 3 is 1.18 bits per heavy atom. The van der Waals surface area contributed by atoms with Crippen molar-refractivity contribution < 1.29 is 54.5 Å². The smallest absolute Gasteiger partial charge is 0.475 e. The molecule has 0 aromatic rings. The van der Waals surface area contributed by atoms with Crippen molar-refractivity contribution in [3.8, 4) is 0 Å². The number of hydrogen-bond acceptors (Lipinski definition) is 2. The molecule has 0 aromatic carbocycles. The van der Waals surface area contributed by atoms with Crippen molar-refractivity contribution >= 4 is 5.97 Å². The monoisotopic (exact) mass is 282 g/mol. The van der Waals surface area contributed by atoms with Gasteiger partial charge >= 0.3 is 30.6 Å². The van der Waals surface area contributed by atoms with Crippen molar-refractivity contribution in [2.45, 2.75) is 24.6 Å². The average molecular weight is 282 g/mol. The maximum Gasteiger partial charge on any atom is 0.490 e. The summed E-state index contributed by atoms with van der Waals surface area (Å²) < 4.78 is 98.0. The summed E-state index contributed by atoms with van der Waals surface area (Å²) in [5, 5.41) is 14.5. The maximum atomic E-state index is 11.4. The largest absolute Gasteiger partial charge is 0.490 e. The summed E-state index contributed by atoms with van der Waals surface area (Å²) in [5.41, 5.74) is 0. The van der Waals surface area contributed by atoms with Crippen LogP contribution in [0.1, 0.15) is 0 Å². The lowest BCUT2D eigenvalue weighted by Crippen LogP contribution is -2.47. The van der Waals surface area contributed by atoms with Crippen LogP contribution in [0.3, 0.4) is 0 Å². The third-order valence-electron chi connectivity index (χ3n) is 0.929. The second-order valence-electron chi connectivity index (χ2n) is 2.27. The van der Waals surface area contributed by atoms with Gasteiger partial charge in [-0.25, -0.2) is 13.6 Å². The molecule has 0 heterocycles. The third kappa shape index (κ3) is 6.19. The topological polar surface area (TPSA) is 57.5 Å². The zero-order valence-corrected chi connectivity index (χ0v) is 7.28. The highest BCUT2D eigenvalue weighted by Gasteiger charge is 2.62. The van der Waals surface area contributed by atoms with Gasteiger partial charge in [-0.15, -0.1) is 0 Å². The van der Waals surface area contributed by atoms with Gasteiger partial charge in [0.05, 0.1) is 0 Å². The zero-order valence-electron chi connectivity index (χ0n) is 7.28. The number of carboxylic acids is 1. The van der Waals surface area contributed by atoms with Crippen molar-refractivity contribution in [1.29, 1.82) is 0 Å². The number of hydrogen-bond donors (Lipinski definition) is 2. The van der Waals surface area contributed by atoms with E-state index in [1.54, 1.807) is 0 Å². The number of alkyl halides is 9. The Hall–Kier alpha value is -1.20. The Labute approximate surface area is 86.4 Å². The number of aliphatic carboxylic acids is 1. The molecule has 0 rings (SSSR count). The highest BCUT2D eigenvalue weighted by atomic mass is 19.4. The van der Waals surface area contributed by atoms with Crippen LogP contribution in [-0.2, 0) is 4.79 Å². The van der Waals surface area contributed by atoms with Crippen molar-refractivity contribution in [2.75, 3.05) is 0 Å². The molecule has 0 aliphatic heterocycles. The second-order valence-corrected chi connectivity index (χ2v) is 2.27. The number of carbonyl (C=O) groups is 1. The van der Waals surface area contributed by atoms with Crippen molar-refractivity contribution in [2.24, 2.45) is 0 Å². The first-order valence-electron chi connectivity index (χ1n) is 3.20. The molecule has 104 valence electrons. The molecule has 0 amide bonds. The quantitative estimate of drug-likeness (QED) is 0.724. The van der Waals surface area contributed by atoms with E-state index in [2.05, 4.69) is 0 Å². The van der Waals surface area contributed by atoms with Gasteiger partial charge < -0.3 is 10.2 Å². The van der Waals surface area contributed by atoms with E-state index in [0.717, 1.165) is 0 Å². The van der Waals surface area contributed by atoms with Crippen LogP contribution in [0.2, 0.25) is 0 Å². The summed E-state index contributed by atoms with van der Waals surface area (Å²) >= 11 is 0. The Morgan fingerprint density at radius 1 is 0.941 bits per heavy atom. The van der Waals surface area contributed by atoms with Crippen LogP contribution in [0.5, 0.6) is 0 Å². The number of rotatable bonds is 1. The maximum absolute atomic E-state index is 11.4. The van der Waals surface area contributed by atoms with E-state index >= 15 is 0 Å². The first-order valence-corrected chi connectivity index (χ1v) is 3.20. The van der Waals surface area contributed by atoms with Crippen LogP contribution >= 0.6 is 0 Å². The molecule has 2 N–H and O–H groups in total. The predicted octanol–water partition coefficient (Wildman–Crippen LogP) is 2.11. The highest BCUT2D eigenvalue weighted by molar-refractivity contribution is 5.73. The Morgan fingerprint density at radius 2 is 1.18 bits per heavy atom. The highest BCUT2D eigenvalue weighted by Crippen LogP contribution is 2.36. The Kier molecular flexibility index (Phi) is 5.80. The lowest BCUT2D eigenvalue weighted by molar-refractivity contribution is -0.352. The van der Waals surface area contributed by atoms with E-state index in [4.69, 9.17) is 15.0 Å². The fraction of sp³-hybridized carbons (Fsp3) is 0.800. The van der Waals surface area contributed by atoms with Gasteiger partial charge in [-0.2, -0.15) is 30.7 Å². The molecular formula is C5H3F9O3. The molecule has 0 saturated heterocycles. The SMILES string of the molecule is O=C(O)C(F)(F)F.OC(F)(C(F)F)C(F)(F)F. The first kappa shape index (κ1) is 18.2. The molecule has 1 atom stereocenters. The van der Waals surface area contributed by atoms with Gasteiger partial charge in [0.15, 0.2) is 0 Å². The van der Waals surface area contributed by atoms with E-state index < -0.39 is 30.6 Å². The summed E-state index contributed by atoms with van der Waals surface area (Å²) in [4.78, 5) is 8.90. The average Bonchev–Trinajstić information content (AvgIpc) is 2.00. The predicted molar refractivity (Wildman–Crippen MR) is 31.8 cm³/mol. The molecule has 0 radical (unpaired) electrons. The van der Waals surface area contributed by atoms with Gasteiger partial charge in [0.25, 0.3) is 0 Å². The Bertz CT molecular complexity index is 252. The molecule has 0 aromatic heterocycles. The molecule has 12 heteroatoms. The lowest BCUT2D eigenvalue weighted by Gasteiger charge is -2.20. The second kappa shape index (κ2) is 5.42. The van der Waals surface area contributed by atoms with Gasteiger partial charge in [-0.3, -0.25) is 0 Å². The van der Waals surface area contributed by atoms with E-state index in [1.165, 1.54) is 0 Å². The van der Waals surface area contributed by atoms with Gasteiger partial charge in [0.1, 0.15) is 0 Å². The van der Waals surface area contributed by atoms with Crippen LogP contribution < -0.4 is 0 Å². The van der Waals surface area contributed by atoms with Crippen LogP contribution in [0, 0.1) is 0 Å². The molecule has 17 heavy (non-hydrogen) atoms. The fourth-order valence-corrected chi connectivity index (χ4v) is 0.124. The first-order chi connectivity index (χ1) is 7.14. The van der Waals surface area contributed by atoms with Gasteiger partial charge in [0, 0.05) is 0 Å². The molecule has 1 unspecified atom stereocenters. The molecule has 0 saturated carbocycles. The summed E-state index contributed by atoms with van der Waals surface area (Å²) in [6, 6.07) is 0. The summed E-state index contributed by atoms with van der Waals surface area (Å²) in [5.74, 6) is -8.15. The van der Waals surface area contributed by atoms with Crippen molar-refractivity contribution in [3.63, 3.8) is 0 Å². The lowest BCUT2D eigenvalue weighted by atomic mass is 10.3. The van der Waals surface area contributed by atoms with E-state index in [-0.39, 0.29) is 0 Å².